The second-order valence-electron chi connectivity index (χ2n) is 3.93. The molecule has 2 bridgehead atoms. The minimum atomic E-state index is -0.424. The maximum Gasteiger partial charge on any atom is 0.253 e. The Morgan fingerprint density at radius 1 is 1.33 bits per heavy atom. The molecule has 2 nitrogen and oxygen atoms in total. The van der Waals surface area contributed by atoms with Crippen LogP contribution in [0.5, 0.6) is 0 Å². The summed E-state index contributed by atoms with van der Waals surface area (Å²) in [5, 5.41) is -0.424. The lowest BCUT2D eigenvalue weighted by atomic mass is 9.90. The molecule has 0 saturated carbocycles. The number of rotatable bonds is 1. The van der Waals surface area contributed by atoms with Crippen molar-refractivity contribution in [2.24, 2.45) is 0 Å². The molecule has 1 aromatic carbocycles. The molecule has 15 heavy (non-hydrogen) atoms. The van der Waals surface area contributed by atoms with Gasteiger partial charge in [0.1, 0.15) is 0 Å². The van der Waals surface area contributed by atoms with Crippen LogP contribution in [0.25, 0.3) is 0 Å². The molecule has 0 N–H and O–H groups in total. The van der Waals surface area contributed by atoms with Crippen molar-refractivity contribution in [2.45, 2.75) is 25.0 Å². The van der Waals surface area contributed by atoms with Crippen molar-refractivity contribution in [2.75, 3.05) is 0 Å². The number of hydrogen-bond acceptors (Lipinski definition) is 2. The standard InChI is InChI=1S/C11H8BrClO2/c12-8-4-6-5(3-7(8)11(13)14)9-1-2-10(6)15-9/h3-4,9-10H,1-2H2. The first-order valence-electron chi connectivity index (χ1n) is 4.85. The number of carbonyl (C=O) groups excluding carboxylic acids is 1. The van der Waals surface area contributed by atoms with Gasteiger partial charge in [-0.1, -0.05) is 0 Å². The molecule has 2 unspecified atom stereocenters. The smallest absolute Gasteiger partial charge is 0.253 e. The van der Waals surface area contributed by atoms with E-state index in [9.17, 15) is 4.79 Å². The zero-order valence-corrected chi connectivity index (χ0v) is 10.1. The van der Waals surface area contributed by atoms with E-state index < -0.39 is 5.24 Å². The van der Waals surface area contributed by atoms with Crippen molar-refractivity contribution in [1.82, 2.24) is 0 Å². The van der Waals surface area contributed by atoms with Crippen LogP contribution >= 0.6 is 27.5 Å². The van der Waals surface area contributed by atoms with Crippen LogP contribution in [-0.2, 0) is 4.74 Å². The van der Waals surface area contributed by atoms with Gasteiger partial charge in [0.25, 0.3) is 5.24 Å². The fourth-order valence-electron chi connectivity index (χ4n) is 2.41. The van der Waals surface area contributed by atoms with Gasteiger partial charge in [0, 0.05) is 10.0 Å². The van der Waals surface area contributed by atoms with E-state index in [4.69, 9.17) is 16.3 Å². The van der Waals surface area contributed by atoms with Gasteiger partial charge in [0.05, 0.1) is 12.2 Å². The van der Waals surface area contributed by atoms with Gasteiger partial charge >= 0.3 is 0 Å². The summed E-state index contributed by atoms with van der Waals surface area (Å²) in [5.74, 6) is 0. The van der Waals surface area contributed by atoms with Gasteiger partial charge in [0.15, 0.2) is 0 Å². The normalized spacial score (nSPS) is 26.8. The lowest BCUT2D eigenvalue weighted by Crippen LogP contribution is -2.01. The molecular weight excluding hydrogens is 279 g/mol. The summed E-state index contributed by atoms with van der Waals surface area (Å²) in [4.78, 5) is 11.2. The number of carbonyl (C=O) groups is 1. The van der Waals surface area contributed by atoms with E-state index in [1.165, 1.54) is 5.56 Å². The third kappa shape index (κ3) is 1.37. The molecule has 2 heterocycles. The number of halogens is 2. The predicted octanol–water partition coefficient (Wildman–Crippen LogP) is 3.73. The van der Waals surface area contributed by atoms with Crippen molar-refractivity contribution in [3.63, 3.8) is 0 Å². The fraction of sp³-hybridized carbons (Fsp3) is 0.364. The van der Waals surface area contributed by atoms with Gasteiger partial charge in [-0.05, 0) is 63.6 Å². The molecule has 1 aromatic rings. The van der Waals surface area contributed by atoms with Crippen molar-refractivity contribution in [3.05, 3.63) is 33.3 Å². The summed E-state index contributed by atoms with van der Waals surface area (Å²) in [6.45, 7) is 0. The summed E-state index contributed by atoms with van der Waals surface area (Å²) in [7, 11) is 0. The first-order valence-corrected chi connectivity index (χ1v) is 6.02. The largest absolute Gasteiger partial charge is 0.366 e. The maximum atomic E-state index is 11.2. The Morgan fingerprint density at radius 2 is 1.93 bits per heavy atom. The Balaban J connectivity index is 2.18. The van der Waals surface area contributed by atoms with E-state index in [-0.39, 0.29) is 12.2 Å². The molecule has 2 aliphatic rings. The Hall–Kier alpha value is -0.380. The molecule has 0 aromatic heterocycles. The lowest BCUT2D eigenvalue weighted by Gasteiger charge is -2.13. The molecule has 3 rings (SSSR count). The minimum Gasteiger partial charge on any atom is -0.366 e. The molecule has 2 aliphatic heterocycles. The van der Waals surface area contributed by atoms with Crippen molar-refractivity contribution >= 4 is 32.8 Å². The summed E-state index contributed by atoms with van der Waals surface area (Å²) >= 11 is 8.86. The number of ether oxygens (including phenoxy) is 1. The molecule has 0 aliphatic carbocycles. The zero-order chi connectivity index (χ0) is 10.6. The van der Waals surface area contributed by atoms with E-state index in [1.54, 1.807) is 0 Å². The average molecular weight is 288 g/mol. The van der Waals surface area contributed by atoms with Gasteiger partial charge in [-0.3, -0.25) is 4.79 Å². The van der Waals surface area contributed by atoms with E-state index in [1.807, 2.05) is 12.1 Å². The summed E-state index contributed by atoms with van der Waals surface area (Å²) in [6.07, 6.45) is 2.53. The first-order chi connectivity index (χ1) is 7.16. The second-order valence-corrected chi connectivity index (χ2v) is 5.12. The topological polar surface area (TPSA) is 26.3 Å². The van der Waals surface area contributed by atoms with Gasteiger partial charge in [-0.25, -0.2) is 0 Å². The third-order valence-corrected chi connectivity index (χ3v) is 3.96. The minimum absolute atomic E-state index is 0.174. The Morgan fingerprint density at radius 3 is 2.53 bits per heavy atom. The maximum absolute atomic E-state index is 11.2. The lowest BCUT2D eigenvalue weighted by molar-refractivity contribution is 0.0716. The predicted molar refractivity (Wildman–Crippen MR) is 60.1 cm³/mol. The Kier molecular flexibility index (Phi) is 2.16. The molecular formula is C11H8BrClO2. The number of hydrogen-bond donors (Lipinski definition) is 0. The van der Waals surface area contributed by atoms with E-state index in [2.05, 4.69) is 15.9 Å². The molecule has 2 atom stereocenters. The van der Waals surface area contributed by atoms with E-state index in [0.29, 0.717) is 5.56 Å². The Labute approximate surface area is 101 Å². The molecule has 0 spiro atoms. The van der Waals surface area contributed by atoms with Crippen LogP contribution in [0.4, 0.5) is 0 Å². The van der Waals surface area contributed by atoms with Crippen LogP contribution in [0, 0.1) is 0 Å². The molecule has 4 heteroatoms. The summed E-state index contributed by atoms with van der Waals surface area (Å²) < 4.78 is 6.52. The van der Waals surface area contributed by atoms with E-state index in [0.717, 1.165) is 22.9 Å². The highest BCUT2D eigenvalue weighted by Crippen LogP contribution is 2.51. The van der Waals surface area contributed by atoms with Crippen LogP contribution in [0.1, 0.15) is 46.5 Å². The number of benzene rings is 1. The number of fused-ring (bicyclic) bond motifs is 5. The molecule has 0 radical (unpaired) electrons. The van der Waals surface area contributed by atoms with Gasteiger partial charge in [-0.2, -0.15) is 0 Å². The van der Waals surface area contributed by atoms with Crippen molar-refractivity contribution < 1.29 is 9.53 Å². The first kappa shape index (κ1) is 9.82. The molecule has 1 fully saturated rings. The highest BCUT2D eigenvalue weighted by Gasteiger charge is 2.38. The van der Waals surface area contributed by atoms with Crippen LogP contribution in [0.15, 0.2) is 16.6 Å². The van der Waals surface area contributed by atoms with Crippen LogP contribution in [-0.4, -0.2) is 5.24 Å². The van der Waals surface area contributed by atoms with Crippen LogP contribution in [0.3, 0.4) is 0 Å². The van der Waals surface area contributed by atoms with Crippen LogP contribution < -0.4 is 0 Å². The van der Waals surface area contributed by atoms with Crippen molar-refractivity contribution in [3.8, 4) is 0 Å². The van der Waals surface area contributed by atoms with E-state index >= 15 is 0 Å². The molecule has 0 amide bonds. The average Bonchev–Trinajstić information content (AvgIpc) is 2.76. The summed E-state index contributed by atoms with van der Waals surface area (Å²) in [5.41, 5.74) is 2.88. The monoisotopic (exact) mass is 286 g/mol. The highest BCUT2D eigenvalue weighted by molar-refractivity contribution is 9.10. The molecule has 1 saturated heterocycles. The van der Waals surface area contributed by atoms with Crippen LogP contribution in [0.2, 0.25) is 0 Å². The van der Waals surface area contributed by atoms with Gasteiger partial charge < -0.3 is 4.74 Å². The quantitative estimate of drug-likeness (QED) is 0.736. The fourth-order valence-corrected chi connectivity index (χ4v) is 3.22. The second kappa shape index (κ2) is 3.30. The van der Waals surface area contributed by atoms with Crippen molar-refractivity contribution in [1.29, 1.82) is 0 Å². The molecule has 78 valence electrons. The SMILES string of the molecule is O=C(Cl)c1cc2c(cc1Br)C1CCC2O1. The third-order valence-electron chi connectivity index (χ3n) is 3.10. The van der Waals surface area contributed by atoms with Gasteiger partial charge in [0.2, 0.25) is 0 Å². The summed E-state index contributed by atoms with van der Waals surface area (Å²) in [6, 6.07) is 3.83. The van der Waals surface area contributed by atoms with Gasteiger partial charge in [-0.15, -0.1) is 0 Å². The Bertz CT molecular complexity index is 458. The zero-order valence-electron chi connectivity index (χ0n) is 7.80. The highest BCUT2D eigenvalue weighted by atomic mass is 79.9.